The summed E-state index contributed by atoms with van der Waals surface area (Å²) in [5.41, 5.74) is 9.25. The molecule has 3 aromatic carbocycles. The lowest BCUT2D eigenvalue weighted by Gasteiger charge is -2.38. The first-order valence-corrected chi connectivity index (χ1v) is 9.02. The fraction of sp³-hybridized carbons (Fsp3) is 0.0455. The number of anilines is 5. The highest BCUT2D eigenvalue weighted by atomic mass is 19.1. The molecule has 0 unspecified atom stereocenters. The molecule has 7 nitrogen and oxygen atoms in total. The Labute approximate surface area is 171 Å². The molecule has 30 heavy (non-hydrogen) atoms. The number of rotatable bonds is 4. The molecular weight excluding hydrogens is 387 g/mol. The molecule has 0 saturated heterocycles. The van der Waals surface area contributed by atoms with Crippen molar-refractivity contribution in [2.24, 2.45) is 0 Å². The fourth-order valence-electron chi connectivity index (χ4n) is 3.44. The van der Waals surface area contributed by atoms with Crippen LogP contribution in [0.25, 0.3) is 0 Å². The van der Waals surface area contributed by atoms with E-state index in [9.17, 15) is 14.0 Å². The van der Waals surface area contributed by atoms with Crippen molar-refractivity contribution >= 4 is 46.5 Å². The minimum absolute atomic E-state index is 0.0276. The summed E-state index contributed by atoms with van der Waals surface area (Å²) in [6.07, 6.45) is 1.10. The fourth-order valence-corrected chi connectivity index (χ4v) is 3.44. The summed E-state index contributed by atoms with van der Waals surface area (Å²) in [6.45, 7) is -0.0276. The number of nitrogens with zero attached hydrogens (tertiary/aromatic N) is 2. The Kier molecular flexibility index (Phi) is 4.67. The third-order valence-electron chi connectivity index (χ3n) is 4.92. The van der Waals surface area contributed by atoms with Crippen molar-refractivity contribution in [3.63, 3.8) is 0 Å². The number of aromatic carboxylic acids is 1. The highest BCUT2D eigenvalue weighted by Gasteiger charge is 2.32. The zero-order valence-electron chi connectivity index (χ0n) is 15.7. The van der Waals surface area contributed by atoms with Crippen LogP contribution in [0.4, 0.5) is 32.8 Å². The van der Waals surface area contributed by atoms with Crippen LogP contribution in [0.15, 0.2) is 60.7 Å². The molecule has 0 fully saturated rings. The average molecular weight is 404 g/mol. The highest BCUT2D eigenvalue weighted by molar-refractivity contribution is 6.11. The Morgan fingerprint density at radius 1 is 1.03 bits per heavy atom. The summed E-state index contributed by atoms with van der Waals surface area (Å²) in [5, 5.41) is 16.7. The molecule has 0 radical (unpaired) electrons. The van der Waals surface area contributed by atoms with E-state index in [0.29, 0.717) is 34.0 Å². The van der Waals surface area contributed by atoms with Gasteiger partial charge >= 0.3 is 5.97 Å². The number of fused-ring (bicyclic) bond motifs is 1. The lowest BCUT2D eigenvalue weighted by atomic mass is 10.0. The van der Waals surface area contributed by atoms with Crippen molar-refractivity contribution in [1.29, 1.82) is 5.41 Å². The molecule has 1 amide bonds. The van der Waals surface area contributed by atoms with Crippen molar-refractivity contribution in [2.75, 3.05) is 22.1 Å². The quantitative estimate of drug-likeness (QED) is 0.451. The monoisotopic (exact) mass is 404 g/mol. The van der Waals surface area contributed by atoms with E-state index in [4.69, 9.17) is 16.2 Å². The predicted molar refractivity (Wildman–Crippen MR) is 113 cm³/mol. The second kappa shape index (κ2) is 7.32. The van der Waals surface area contributed by atoms with Crippen molar-refractivity contribution < 1.29 is 19.1 Å². The van der Waals surface area contributed by atoms with E-state index < -0.39 is 11.8 Å². The molecule has 0 aliphatic carbocycles. The van der Waals surface area contributed by atoms with Crippen molar-refractivity contribution in [3.8, 4) is 0 Å². The number of hydrogen-bond donors (Lipinski definition) is 3. The van der Waals surface area contributed by atoms with Crippen molar-refractivity contribution in [1.82, 2.24) is 0 Å². The number of benzene rings is 3. The summed E-state index contributed by atoms with van der Waals surface area (Å²) < 4.78 is 13.4. The number of carboxylic acids is 1. The molecule has 1 aliphatic rings. The number of amides is 1. The average Bonchev–Trinajstić information content (AvgIpc) is 2.74. The van der Waals surface area contributed by atoms with Gasteiger partial charge in [0.2, 0.25) is 0 Å². The first-order chi connectivity index (χ1) is 14.4. The van der Waals surface area contributed by atoms with Crippen LogP contribution >= 0.6 is 0 Å². The molecule has 1 aliphatic heterocycles. The van der Waals surface area contributed by atoms with Gasteiger partial charge in [-0.1, -0.05) is 0 Å². The standard InChI is InChI=1S/C22H17FN4O3/c23-15-3-7-17(8-4-15)27-20-9-14(11-24)18(25)10-19(20)26(12-21(27)28)16-5-1-13(2-6-16)22(29)30/h1-11,24H,12,25H2,(H,29,30). The lowest BCUT2D eigenvalue weighted by molar-refractivity contribution is -0.116. The minimum Gasteiger partial charge on any atom is -0.478 e. The predicted octanol–water partition coefficient (Wildman–Crippen LogP) is 3.92. The van der Waals surface area contributed by atoms with Gasteiger partial charge < -0.3 is 21.1 Å². The third-order valence-corrected chi connectivity index (χ3v) is 4.92. The lowest BCUT2D eigenvalue weighted by Crippen LogP contribution is -2.41. The Balaban J connectivity index is 1.87. The second-order valence-electron chi connectivity index (χ2n) is 6.76. The number of hydrogen-bond acceptors (Lipinski definition) is 5. The largest absolute Gasteiger partial charge is 0.478 e. The van der Waals surface area contributed by atoms with Crippen LogP contribution in [0.3, 0.4) is 0 Å². The zero-order chi connectivity index (χ0) is 21.4. The summed E-state index contributed by atoms with van der Waals surface area (Å²) in [6, 6.07) is 15.0. The normalized spacial score (nSPS) is 13.2. The van der Waals surface area contributed by atoms with Gasteiger partial charge in [-0.2, -0.15) is 0 Å². The van der Waals surface area contributed by atoms with Crippen LogP contribution in [0.5, 0.6) is 0 Å². The van der Waals surface area contributed by atoms with Crippen LogP contribution in [0.1, 0.15) is 15.9 Å². The maximum absolute atomic E-state index is 13.4. The Bertz CT molecular complexity index is 1160. The molecule has 4 N–H and O–H groups in total. The minimum atomic E-state index is -1.04. The van der Waals surface area contributed by atoms with Gasteiger partial charge in [0.15, 0.2) is 0 Å². The molecule has 8 heteroatoms. The summed E-state index contributed by atoms with van der Waals surface area (Å²) >= 11 is 0. The van der Waals surface area contributed by atoms with Gasteiger partial charge in [0.1, 0.15) is 12.4 Å². The Hall–Kier alpha value is -4.20. The first kappa shape index (κ1) is 19.1. The van der Waals surface area contributed by atoms with Crippen molar-refractivity contribution in [2.45, 2.75) is 0 Å². The molecule has 1 heterocycles. The van der Waals surface area contributed by atoms with Gasteiger partial charge in [-0.05, 0) is 60.7 Å². The molecule has 0 saturated carbocycles. The van der Waals surface area contributed by atoms with E-state index in [1.54, 1.807) is 29.2 Å². The number of carbonyl (C=O) groups excluding carboxylic acids is 1. The molecule has 150 valence electrons. The molecule has 4 rings (SSSR count). The SMILES string of the molecule is N=Cc1cc2c(cc1N)N(c1ccc(C(=O)O)cc1)CC(=O)N2c1ccc(F)cc1. The number of nitrogens with one attached hydrogen (secondary N) is 1. The maximum Gasteiger partial charge on any atom is 0.335 e. The summed E-state index contributed by atoms with van der Waals surface area (Å²) in [4.78, 5) is 27.4. The van der Waals surface area contributed by atoms with Crippen LogP contribution in [-0.2, 0) is 4.79 Å². The van der Waals surface area contributed by atoms with Gasteiger partial charge in [0.05, 0.1) is 16.9 Å². The van der Waals surface area contributed by atoms with E-state index in [1.165, 1.54) is 41.3 Å². The van der Waals surface area contributed by atoms with Gasteiger partial charge in [-0.15, -0.1) is 0 Å². The van der Waals surface area contributed by atoms with E-state index in [1.807, 2.05) is 0 Å². The van der Waals surface area contributed by atoms with Gasteiger partial charge in [0, 0.05) is 28.8 Å². The van der Waals surface area contributed by atoms with Crippen LogP contribution in [0.2, 0.25) is 0 Å². The van der Waals surface area contributed by atoms with Crippen LogP contribution in [-0.4, -0.2) is 29.7 Å². The number of carbonyl (C=O) groups is 2. The smallest absolute Gasteiger partial charge is 0.335 e. The molecule has 0 bridgehead atoms. The Morgan fingerprint density at radius 2 is 1.67 bits per heavy atom. The number of halogens is 1. The van der Waals surface area contributed by atoms with Gasteiger partial charge in [-0.3, -0.25) is 9.69 Å². The molecule has 0 aromatic heterocycles. The van der Waals surface area contributed by atoms with Gasteiger partial charge in [-0.25, -0.2) is 9.18 Å². The molecule has 0 atom stereocenters. The molecule has 0 spiro atoms. The number of carboxylic acid groups (broad SMARTS) is 1. The zero-order valence-corrected chi connectivity index (χ0v) is 15.7. The Morgan fingerprint density at radius 3 is 2.27 bits per heavy atom. The summed E-state index contributed by atoms with van der Waals surface area (Å²) in [7, 11) is 0. The number of nitrogens with two attached hydrogens (primary N) is 1. The molecular formula is C22H17FN4O3. The van der Waals surface area contributed by atoms with Gasteiger partial charge in [0.25, 0.3) is 5.91 Å². The van der Waals surface area contributed by atoms with E-state index in [2.05, 4.69) is 0 Å². The third kappa shape index (κ3) is 3.24. The van der Waals surface area contributed by atoms with E-state index in [-0.39, 0.29) is 18.0 Å². The highest BCUT2D eigenvalue weighted by Crippen LogP contribution is 2.43. The number of nitrogen functional groups attached to an aromatic ring is 1. The van der Waals surface area contributed by atoms with E-state index in [0.717, 1.165) is 6.21 Å². The summed E-state index contributed by atoms with van der Waals surface area (Å²) in [5.74, 6) is -1.72. The molecule has 3 aromatic rings. The topological polar surface area (TPSA) is 111 Å². The maximum atomic E-state index is 13.4. The van der Waals surface area contributed by atoms with Crippen LogP contribution < -0.4 is 15.5 Å². The van der Waals surface area contributed by atoms with E-state index >= 15 is 0 Å². The van der Waals surface area contributed by atoms with Crippen LogP contribution in [0, 0.1) is 11.2 Å². The second-order valence-corrected chi connectivity index (χ2v) is 6.76. The van der Waals surface area contributed by atoms with Crippen molar-refractivity contribution in [3.05, 3.63) is 77.6 Å². The first-order valence-electron chi connectivity index (χ1n) is 9.02.